The number of carbonyl (C=O) groups excluding carboxylic acids is 2. The van der Waals surface area contributed by atoms with Crippen molar-refractivity contribution >= 4 is 17.9 Å². The van der Waals surface area contributed by atoms with Gasteiger partial charge in [0.2, 0.25) is 0 Å². The van der Waals surface area contributed by atoms with Crippen LogP contribution in [-0.2, 0) is 23.9 Å². The summed E-state index contributed by atoms with van der Waals surface area (Å²) in [6.45, 7) is 3.66. The maximum absolute atomic E-state index is 11.9. The fourth-order valence-electron chi connectivity index (χ4n) is 3.90. The van der Waals surface area contributed by atoms with Gasteiger partial charge in [-0.2, -0.15) is 0 Å². The lowest BCUT2D eigenvalue weighted by Gasteiger charge is -2.29. The van der Waals surface area contributed by atoms with Crippen LogP contribution in [0.5, 0.6) is 0 Å². The SMILES string of the molecule is CCC(C)C(=O)OC1C2CC3C1OC(=O)C3C2C(=O)O. The monoisotopic (exact) mass is 282 g/mol. The molecule has 0 aromatic carbocycles. The van der Waals surface area contributed by atoms with Crippen molar-refractivity contribution in [3.05, 3.63) is 0 Å². The van der Waals surface area contributed by atoms with E-state index in [1.807, 2.05) is 6.92 Å². The van der Waals surface area contributed by atoms with Crippen LogP contribution in [0.3, 0.4) is 0 Å². The van der Waals surface area contributed by atoms with Crippen LogP contribution in [0.15, 0.2) is 0 Å². The molecule has 2 aliphatic carbocycles. The van der Waals surface area contributed by atoms with Gasteiger partial charge in [-0.3, -0.25) is 14.4 Å². The van der Waals surface area contributed by atoms with E-state index >= 15 is 0 Å². The van der Waals surface area contributed by atoms with Gasteiger partial charge in [0.05, 0.1) is 17.8 Å². The van der Waals surface area contributed by atoms with Gasteiger partial charge in [0.1, 0.15) is 12.2 Å². The summed E-state index contributed by atoms with van der Waals surface area (Å²) in [5.41, 5.74) is 0. The molecule has 3 aliphatic rings. The number of aliphatic carboxylic acids is 1. The minimum Gasteiger partial charge on any atom is -0.481 e. The first-order valence-corrected chi connectivity index (χ1v) is 7.09. The molecule has 1 heterocycles. The molecule has 7 unspecified atom stereocenters. The molecule has 20 heavy (non-hydrogen) atoms. The number of fused-ring (bicyclic) bond motifs is 1. The molecule has 2 saturated carbocycles. The Morgan fingerprint density at radius 1 is 1.45 bits per heavy atom. The van der Waals surface area contributed by atoms with Gasteiger partial charge in [0.25, 0.3) is 0 Å². The molecule has 0 amide bonds. The summed E-state index contributed by atoms with van der Waals surface area (Å²) in [7, 11) is 0. The highest BCUT2D eigenvalue weighted by Crippen LogP contribution is 2.58. The van der Waals surface area contributed by atoms with E-state index < -0.39 is 36.0 Å². The average molecular weight is 282 g/mol. The molecule has 7 atom stereocenters. The first-order chi connectivity index (χ1) is 9.45. The second-order valence-electron chi connectivity index (χ2n) is 6.07. The third kappa shape index (κ3) is 1.66. The second kappa shape index (κ2) is 4.46. The molecule has 3 fully saturated rings. The lowest BCUT2D eigenvalue weighted by atomic mass is 9.78. The van der Waals surface area contributed by atoms with Crippen LogP contribution in [0.4, 0.5) is 0 Å². The van der Waals surface area contributed by atoms with Gasteiger partial charge in [-0.05, 0) is 12.8 Å². The number of carboxylic acids is 1. The maximum Gasteiger partial charge on any atom is 0.310 e. The largest absolute Gasteiger partial charge is 0.481 e. The molecule has 0 spiro atoms. The summed E-state index contributed by atoms with van der Waals surface area (Å²) in [5, 5.41) is 9.33. The van der Waals surface area contributed by atoms with Crippen molar-refractivity contribution in [2.45, 2.75) is 38.9 Å². The maximum atomic E-state index is 11.9. The van der Waals surface area contributed by atoms with E-state index in [0.717, 1.165) is 0 Å². The van der Waals surface area contributed by atoms with E-state index in [0.29, 0.717) is 12.8 Å². The van der Waals surface area contributed by atoms with Crippen molar-refractivity contribution in [2.75, 3.05) is 0 Å². The molecule has 1 N–H and O–H groups in total. The van der Waals surface area contributed by atoms with Crippen LogP contribution >= 0.6 is 0 Å². The van der Waals surface area contributed by atoms with E-state index in [4.69, 9.17) is 9.47 Å². The molecular formula is C14H18O6. The smallest absolute Gasteiger partial charge is 0.310 e. The molecule has 2 bridgehead atoms. The first kappa shape index (κ1) is 13.4. The summed E-state index contributed by atoms with van der Waals surface area (Å²) in [6, 6.07) is 0. The number of ether oxygens (including phenoxy) is 2. The highest BCUT2D eigenvalue weighted by molar-refractivity contribution is 5.85. The van der Waals surface area contributed by atoms with Crippen molar-refractivity contribution < 1.29 is 29.0 Å². The molecule has 0 radical (unpaired) electrons. The van der Waals surface area contributed by atoms with E-state index in [9.17, 15) is 19.5 Å². The Kier molecular flexibility index (Phi) is 2.99. The molecule has 6 nitrogen and oxygen atoms in total. The van der Waals surface area contributed by atoms with Crippen molar-refractivity contribution in [3.8, 4) is 0 Å². The third-order valence-electron chi connectivity index (χ3n) is 5.10. The van der Waals surface area contributed by atoms with Gasteiger partial charge in [-0.15, -0.1) is 0 Å². The summed E-state index contributed by atoms with van der Waals surface area (Å²) < 4.78 is 10.7. The fraction of sp³-hybridized carbons (Fsp3) is 0.786. The Morgan fingerprint density at radius 2 is 2.15 bits per heavy atom. The molecule has 6 heteroatoms. The van der Waals surface area contributed by atoms with Gasteiger partial charge in [-0.25, -0.2) is 0 Å². The van der Waals surface area contributed by atoms with E-state index in [-0.39, 0.29) is 23.7 Å². The molecular weight excluding hydrogens is 264 g/mol. The summed E-state index contributed by atoms with van der Waals surface area (Å²) in [4.78, 5) is 35.1. The molecule has 110 valence electrons. The number of hydrogen-bond donors (Lipinski definition) is 1. The van der Waals surface area contributed by atoms with Crippen molar-refractivity contribution in [3.63, 3.8) is 0 Å². The lowest BCUT2D eigenvalue weighted by molar-refractivity contribution is -0.167. The van der Waals surface area contributed by atoms with Crippen molar-refractivity contribution in [1.82, 2.24) is 0 Å². The average Bonchev–Trinajstić information content (AvgIpc) is 3.00. The molecule has 3 rings (SSSR count). The van der Waals surface area contributed by atoms with Crippen LogP contribution < -0.4 is 0 Å². The lowest BCUT2D eigenvalue weighted by Crippen LogP contribution is -2.43. The number of carbonyl (C=O) groups is 3. The van der Waals surface area contributed by atoms with Gasteiger partial charge >= 0.3 is 17.9 Å². The summed E-state index contributed by atoms with van der Waals surface area (Å²) >= 11 is 0. The second-order valence-corrected chi connectivity index (χ2v) is 6.07. The van der Waals surface area contributed by atoms with Crippen molar-refractivity contribution in [2.24, 2.45) is 29.6 Å². The van der Waals surface area contributed by atoms with Gasteiger partial charge in [-0.1, -0.05) is 13.8 Å². The van der Waals surface area contributed by atoms with Gasteiger partial charge in [0, 0.05) is 11.8 Å². The Bertz CT molecular complexity index is 472. The minimum atomic E-state index is -0.996. The number of hydrogen-bond acceptors (Lipinski definition) is 5. The Morgan fingerprint density at radius 3 is 2.75 bits per heavy atom. The zero-order valence-corrected chi connectivity index (χ0v) is 11.4. The molecule has 0 aromatic rings. The number of carboxylic acid groups (broad SMARTS) is 1. The fourth-order valence-corrected chi connectivity index (χ4v) is 3.90. The summed E-state index contributed by atoms with van der Waals surface area (Å²) in [6.07, 6.45) is 0.220. The highest BCUT2D eigenvalue weighted by Gasteiger charge is 2.69. The summed E-state index contributed by atoms with van der Waals surface area (Å²) in [5.74, 6) is -3.75. The molecule has 1 aliphatic heterocycles. The Hall–Kier alpha value is -1.59. The zero-order valence-electron chi connectivity index (χ0n) is 11.4. The zero-order chi connectivity index (χ0) is 14.6. The quantitative estimate of drug-likeness (QED) is 0.768. The van der Waals surface area contributed by atoms with Crippen LogP contribution in [0.2, 0.25) is 0 Å². The van der Waals surface area contributed by atoms with Crippen molar-refractivity contribution in [1.29, 1.82) is 0 Å². The van der Waals surface area contributed by atoms with Crippen LogP contribution in [-0.4, -0.2) is 35.2 Å². The van der Waals surface area contributed by atoms with Gasteiger partial charge < -0.3 is 14.6 Å². The molecule has 0 aromatic heterocycles. The van der Waals surface area contributed by atoms with Crippen LogP contribution in [0.25, 0.3) is 0 Å². The van der Waals surface area contributed by atoms with E-state index in [1.54, 1.807) is 6.92 Å². The highest BCUT2D eigenvalue weighted by atomic mass is 16.6. The minimum absolute atomic E-state index is 0.108. The topological polar surface area (TPSA) is 89.9 Å². The number of esters is 2. The standard InChI is InChI=1S/C14H18O6/c1-3-5(2)13(17)19-10-6-4-7-9(8(6)12(15)16)14(18)20-11(7)10/h5-11H,3-4H2,1-2H3,(H,15,16). The third-order valence-corrected chi connectivity index (χ3v) is 5.10. The predicted octanol–water partition coefficient (Wildman–Crippen LogP) is 0.836. The molecule has 1 saturated heterocycles. The Labute approximate surface area is 116 Å². The predicted molar refractivity (Wildman–Crippen MR) is 65.4 cm³/mol. The van der Waals surface area contributed by atoms with E-state index in [1.165, 1.54) is 0 Å². The normalized spacial score (nSPS) is 42.4. The van der Waals surface area contributed by atoms with Crippen LogP contribution in [0.1, 0.15) is 26.7 Å². The number of rotatable bonds is 4. The van der Waals surface area contributed by atoms with Gasteiger partial charge in [0.15, 0.2) is 0 Å². The van der Waals surface area contributed by atoms with E-state index in [2.05, 4.69) is 0 Å². The first-order valence-electron chi connectivity index (χ1n) is 7.09. The Balaban J connectivity index is 1.82. The van der Waals surface area contributed by atoms with Crippen LogP contribution in [0, 0.1) is 29.6 Å².